The third-order valence-corrected chi connectivity index (χ3v) is 4.05. The van der Waals surface area contributed by atoms with E-state index in [0.717, 1.165) is 12.0 Å². The number of carbonyl (C=O) groups excluding carboxylic acids is 3. The second-order valence-corrected chi connectivity index (χ2v) is 5.80. The average molecular weight is 334 g/mol. The lowest BCUT2D eigenvalue weighted by Crippen LogP contribution is -2.39. The first-order valence-electron chi connectivity index (χ1n) is 8.06. The van der Waals surface area contributed by atoms with Crippen molar-refractivity contribution < 1.29 is 19.1 Å². The van der Waals surface area contributed by atoms with Crippen LogP contribution in [0.15, 0.2) is 30.3 Å². The summed E-state index contributed by atoms with van der Waals surface area (Å²) in [7, 11) is 2.99. The van der Waals surface area contributed by atoms with Gasteiger partial charge in [-0.25, -0.2) is 0 Å². The molecule has 6 heteroatoms. The van der Waals surface area contributed by atoms with Crippen molar-refractivity contribution in [1.82, 2.24) is 10.2 Å². The number of rotatable bonds is 8. The Kier molecular flexibility index (Phi) is 7.95. The van der Waals surface area contributed by atoms with Gasteiger partial charge < -0.3 is 15.0 Å². The van der Waals surface area contributed by atoms with E-state index in [1.54, 1.807) is 0 Å². The third kappa shape index (κ3) is 5.68. The summed E-state index contributed by atoms with van der Waals surface area (Å²) in [5.74, 6) is -1.43. The summed E-state index contributed by atoms with van der Waals surface area (Å²) < 4.78 is 5.22. The van der Waals surface area contributed by atoms with E-state index < -0.39 is 17.8 Å². The van der Waals surface area contributed by atoms with E-state index in [1.165, 1.54) is 19.0 Å². The molecule has 2 amide bonds. The van der Waals surface area contributed by atoms with Gasteiger partial charge in [-0.1, -0.05) is 50.6 Å². The zero-order valence-corrected chi connectivity index (χ0v) is 14.7. The number of nitrogens with one attached hydrogen (secondary N) is 1. The summed E-state index contributed by atoms with van der Waals surface area (Å²) in [6.07, 6.45) is 0.819. The highest BCUT2D eigenvalue weighted by Crippen LogP contribution is 2.28. The number of hydrogen-bond acceptors (Lipinski definition) is 4. The van der Waals surface area contributed by atoms with Gasteiger partial charge in [0.15, 0.2) is 6.61 Å². The van der Waals surface area contributed by atoms with Gasteiger partial charge in [0.25, 0.3) is 5.91 Å². The highest BCUT2D eigenvalue weighted by atomic mass is 16.5. The van der Waals surface area contributed by atoms with Crippen molar-refractivity contribution >= 4 is 17.8 Å². The maximum absolute atomic E-state index is 12.5. The van der Waals surface area contributed by atoms with E-state index in [-0.39, 0.29) is 25.0 Å². The Labute approximate surface area is 143 Å². The summed E-state index contributed by atoms with van der Waals surface area (Å²) in [5, 5.41) is 2.44. The predicted octanol–water partition coefficient (Wildman–Crippen LogP) is 1.56. The summed E-state index contributed by atoms with van der Waals surface area (Å²) in [6.45, 7) is 3.56. The number of carbonyl (C=O) groups is 3. The first kappa shape index (κ1) is 19.7. The fraction of sp³-hybridized carbons (Fsp3) is 0.500. The highest BCUT2D eigenvalue weighted by molar-refractivity contribution is 5.87. The largest absolute Gasteiger partial charge is 0.455 e. The molecule has 0 fully saturated rings. The van der Waals surface area contributed by atoms with Crippen molar-refractivity contribution in [2.45, 2.75) is 26.2 Å². The molecule has 0 spiro atoms. The molecule has 132 valence electrons. The molecule has 0 aromatic heterocycles. The molecular weight excluding hydrogens is 308 g/mol. The molecule has 24 heavy (non-hydrogen) atoms. The lowest BCUT2D eigenvalue weighted by molar-refractivity contribution is -0.154. The Morgan fingerprint density at radius 2 is 1.83 bits per heavy atom. The Morgan fingerprint density at radius 1 is 1.21 bits per heavy atom. The monoisotopic (exact) mass is 334 g/mol. The van der Waals surface area contributed by atoms with Gasteiger partial charge in [0.05, 0.1) is 12.5 Å². The van der Waals surface area contributed by atoms with Crippen LogP contribution in [0, 0.1) is 5.92 Å². The number of amides is 2. The zero-order valence-electron chi connectivity index (χ0n) is 14.7. The molecule has 0 bridgehead atoms. The van der Waals surface area contributed by atoms with Crippen LogP contribution in [-0.2, 0) is 19.1 Å². The lowest BCUT2D eigenvalue weighted by atomic mass is 9.86. The van der Waals surface area contributed by atoms with Crippen molar-refractivity contribution in [1.29, 1.82) is 0 Å². The van der Waals surface area contributed by atoms with Crippen LogP contribution >= 0.6 is 0 Å². The first-order chi connectivity index (χ1) is 11.4. The fourth-order valence-electron chi connectivity index (χ4n) is 2.31. The summed E-state index contributed by atoms with van der Waals surface area (Å²) in [5.41, 5.74) is 0.878. The quantitative estimate of drug-likeness (QED) is 0.732. The summed E-state index contributed by atoms with van der Waals surface area (Å²) in [4.78, 5) is 36.9. The van der Waals surface area contributed by atoms with Crippen molar-refractivity contribution in [2.24, 2.45) is 5.92 Å². The molecule has 0 aliphatic rings. The number of benzene rings is 1. The molecule has 0 unspecified atom stereocenters. The van der Waals surface area contributed by atoms with Crippen LogP contribution in [0.2, 0.25) is 0 Å². The molecule has 0 radical (unpaired) electrons. The number of nitrogens with zero attached hydrogens (tertiary/aromatic N) is 1. The van der Waals surface area contributed by atoms with Gasteiger partial charge in [0.2, 0.25) is 5.91 Å². The smallest absolute Gasteiger partial charge is 0.314 e. The molecule has 0 aliphatic heterocycles. The van der Waals surface area contributed by atoms with E-state index in [9.17, 15) is 14.4 Å². The Hall–Kier alpha value is -2.37. The van der Waals surface area contributed by atoms with Crippen LogP contribution < -0.4 is 5.32 Å². The van der Waals surface area contributed by atoms with Crippen LogP contribution in [-0.4, -0.2) is 49.9 Å². The predicted molar refractivity (Wildman–Crippen MR) is 91.3 cm³/mol. The molecule has 2 atom stereocenters. The van der Waals surface area contributed by atoms with Crippen LogP contribution in [0.4, 0.5) is 0 Å². The average Bonchev–Trinajstić information content (AvgIpc) is 2.60. The molecule has 0 aliphatic carbocycles. The molecule has 1 rings (SSSR count). The number of esters is 1. The van der Waals surface area contributed by atoms with E-state index in [1.807, 2.05) is 44.2 Å². The second kappa shape index (κ2) is 9.70. The highest BCUT2D eigenvalue weighted by Gasteiger charge is 2.28. The number of ether oxygens (including phenoxy) is 1. The summed E-state index contributed by atoms with van der Waals surface area (Å²) >= 11 is 0. The van der Waals surface area contributed by atoms with Gasteiger partial charge in [-0.15, -0.1) is 0 Å². The van der Waals surface area contributed by atoms with Gasteiger partial charge in [-0.3, -0.25) is 14.4 Å². The van der Waals surface area contributed by atoms with Gasteiger partial charge in [0.1, 0.15) is 0 Å². The maximum atomic E-state index is 12.5. The topological polar surface area (TPSA) is 75.7 Å². The second-order valence-electron chi connectivity index (χ2n) is 5.80. The molecule has 0 saturated heterocycles. The lowest BCUT2D eigenvalue weighted by Gasteiger charge is -2.22. The Balaban J connectivity index is 2.69. The standard InChI is InChI=1S/C18H26N2O4/c1-5-13(2)17(14-9-7-6-8-10-14)18(23)24-12-16(22)20(4)11-15(21)19-3/h6-10,13,17H,5,11-12H2,1-4H3,(H,19,21)/t13-,17+/m0/s1. The van der Waals surface area contributed by atoms with E-state index in [0.29, 0.717) is 0 Å². The van der Waals surface area contributed by atoms with Gasteiger partial charge in [-0.05, 0) is 11.5 Å². The molecule has 0 heterocycles. The minimum atomic E-state index is -0.419. The normalized spacial score (nSPS) is 12.8. The van der Waals surface area contributed by atoms with Crippen molar-refractivity contribution in [3.63, 3.8) is 0 Å². The Bertz CT molecular complexity index is 559. The number of likely N-dealkylation sites (N-methyl/N-ethyl adjacent to an activating group) is 2. The van der Waals surface area contributed by atoms with Gasteiger partial charge >= 0.3 is 5.97 Å². The van der Waals surface area contributed by atoms with Crippen LogP contribution in [0.3, 0.4) is 0 Å². The molecular formula is C18H26N2O4. The SMILES string of the molecule is CC[C@H](C)[C@@H](C(=O)OCC(=O)N(C)CC(=O)NC)c1ccccc1. The van der Waals surface area contributed by atoms with Crippen molar-refractivity contribution in [3.05, 3.63) is 35.9 Å². The van der Waals surface area contributed by atoms with E-state index in [4.69, 9.17) is 4.74 Å². The fourth-order valence-corrected chi connectivity index (χ4v) is 2.31. The Morgan fingerprint density at radius 3 is 2.38 bits per heavy atom. The van der Waals surface area contributed by atoms with E-state index in [2.05, 4.69) is 5.32 Å². The molecule has 0 saturated carbocycles. The zero-order chi connectivity index (χ0) is 18.1. The first-order valence-corrected chi connectivity index (χ1v) is 8.06. The van der Waals surface area contributed by atoms with Crippen LogP contribution in [0.25, 0.3) is 0 Å². The van der Waals surface area contributed by atoms with Gasteiger partial charge in [-0.2, -0.15) is 0 Å². The van der Waals surface area contributed by atoms with Gasteiger partial charge in [0, 0.05) is 14.1 Å². The maximum Gasteiger partial charge on any atom is 0.314 e. The molecule has 6 nitrogen and oxygen atoms in total. The molecule has 1 aromatic carbocycles. The molecule has 1 aromatic rings. The minimum absolute atomic E-state index is 0.0691. The van der Waals surface area contributed by atoms with E-state index >= 15 is 0 Å². The molecule has 1 N–H and O–H groups in total. The van der Waals surface area contributed by atoms with Crippen molar-refractivity contribution in [2.75, 3.05) is 27.2 Å². The van der Waals surface area contributed by atoms with Crippen LogP contribution in [0.1, 0.15) is 31.7 Å². The van der Waals surface area contributed by atoms with Crippen LogP contribution in [0.5, 0.6) is 0 Å². The summed E-state index contributed by atoms with van der Waals surface area (Å²) in [6, 6.07) is 9.41. The van der Waals surface area contributed by atoms with Crippen molar-refractivity contribution in [3.8, 4) is 0 Å². The number of hydrogen-bond donors (Lipinski definition) is 1. The minimum Gasteiger partial charge on any atom is -0.455 e. The third-order valence-electron chi connectivity index (χ3n) is 4.05.